The molecule has 0 atom stereocenters. The first-order valence-electron chi connectivity index (χ1n) is 6.44. The first-order valence-corrected chi connectivity index (χ1v) is 7.98. The van der Waals surface area contributed by atoms with Crippen LogP contribution >= 0.6 is 0 Å². The molecule has 0 saturated heterocycles. The van der Waals surface area contributed by atoms with Crippen molar-refractivity contribution < 1.29 is 8.42 Å². The van der Waals surface area contributed by atoms with E-state index in [1.54, 1.807) is 18.3 Å². The maximum atomic E-state index is 11.5. The summed E-state index contributed by atoms with van der Waals surface area (Å²) in [5, 5.41) is 8.40. The van der Waals surface area contributed by atoms with E-state index in [1.807, 2.05) is 26.8 Å². The molecule has 7 heteroatoms. The second kappa shape index (κ2) is 5.79. The van der Waals surface area contributed by atoms with Gasteiger partial charge in [0.05, 0.1) is 17.1 Å². The highest BCUT2D eigenvalue weighted by atomic mass is 32.2. The fourth-order valence-electron chi connectivity index (χ4n) is 1.96. The van der Waals surface area contributed by atoms with Gasteiger partial charge in [-0.3, -0.25) is 0 Å². The maximum absolute atomic E-state index is 11.5. The van der Waals surface area contributed by atoms with Crippen molar-refractivity contribution >= 4 is 15.7 Å². The van der Waals surface area contributed by atoms with Crippen molar-refractivity contribution in [2.24, 2.45) is 5.14 Å². The Bertz CT molecular complexity index is 773. The predicted octanol–water partition coefficient (Wildman–Crippen LogP) is 1.66. The topological polar surface area (TPSA) is 98.0 Å². The summed E-state index contributed by atoms with van der Waals surface area (Å²) in [6.07, 6.45) is 1.69. The van der Waals surface area contributed by atoms with Crippen LogP contribution in [0.3, 0.4) is 0 Å². The molecule has 0 unspecified atom stereocenters. The molecule has 2 aromatic rings. The van der Waals surface area contributed by atoms with E-state index in [4.69, 9.17) is 5.14 Å². The quantitative estimate of drug-likeness (QED) is 0.895. The van der Waals surface area contributed by atoms with Gasteiger partial charge in [-0.05, 0) is 50.1 Å². The summed E-state index contributed by atoms with van der Waals surface area (Å²) >= 11 is 0. The molecule has 0 aliphatic rings. The Kier molecular flexibility index (Phi) is 4.24. The summed E-state index contributed by atoms with van der Waals surface area (Å²) in [5.41, 5.74) is 3.41. The largest absolute Gasteiger partial charge is 0.379 e. The van der Waals surface area contributed by atoms with Gasteiger partial charge in [-0.15, -0.1) is 0 Å². The van der Waals surface area contributed by atoms with Crippen LogP contribution in [0.25, 0.3) is 0 Å². The molecule has 1 aromatic carbocycles. The van der Waals surface area contributed by atoms with E-state index in [0.717, 1.165) is 22.5 Å². The van der Waals surface area contributed by atoms with Gasteiger partial charge in [-0.2, -0.15) is 0 Å². The van der Waals surface area contributed by atoms with Gasteiger partial charge in [0.25, 0.3) is 0 Å². The maximum Gasteiger partial charge on any atom is 0.238 e. The summed E-state index contributed by atoms with van der Waals surface area (Å²) < 4.78 is 23.0. The molecule has 0 fully saturated rings. The minimum absolute atomic E-state index is 0.104. The van der Waals surface area contributed by atoms with E-state index >= 15 is 0 Å². The lowest BCUT2D eigenvalue weighted by atomic mass is 10.1. The number of nitrogens with one attached hydrogen (secondary N) is 1. The van der Waals surface area contributed by atoms with Gasteiger partial charge in [0.15, 0.2) is 0 Å². The molecule has 0 amide bonds. The second-order valence-corrected chi connectivity index (χ2v) is 6.47. The van der Waals surface area contributed by atoms with Crippen LogP contribution in [0.1, 0.15) is 22.6 Å². The van der Waals surface area contributed by atoms with E-state index in [0.29, 0.717) is 12.4 Å². The van der Waals surface area contributed by atoms with E-state index in [2.05, 4.69) is 15.3 Å². The molecular formula is C14H18N4O2S. The normalized spacial score (nSPS) is 11.4. The summed E-state index contributed by atoms with van der Waals surface area (Å²) in [5.74, 6) is 0.695. The third kappa shape index (κ3) is 3.77. The number of benzene rings is 1. The number of nitrogens with two attached hydrogens (primary N) is 1. The number of anilines is 1. The average Bonchev–Trinajstić information content (AvgIpc) is 2.39. The van der Waals surface area contributed by atoms with Crippen molar-refractivity contribution in [3.8, 4) is 0 Å². The number of rotatable bonds is 4. The first kappa shape index (κ1) is 15.4. The van der Waals surface area contributed by atoms with Gasteiger partial charge in [-0.25, -0.2) is 23.5 Å². The third-order valence-corrected chi connectivity index (χ3v) is 4.16. The SMILES string of the molecule is Cc1nccc(CNc2cc(S(N)(=O)=O)cc(C)c2C)n1. The molecule has 1 heterocycles. The Morgan fingerprint density at radius 1 is 1.24 bits per heavy atom. The van der Waals surface area contributed by atoms with Crippen molar-refractivity contribution in [2.45, 2.75) is 32.2 Å². The van der Waals surface area contributed by atoms with Gasteiger partial charge in [0.1, 0.15) is 5.82 Å². The number of primary sulfonamides is 1. The van der Waals surface area contributed by atoms with Crippen LogP contribution in [0, 0.1) is 20.8 Å². The molecule has 0 aliphatic heterocycles. The number of aromatic nitrogens is 2. The Balaban J connectivity index is 2.29. The number of sulfonamides is 1. The average molecular weight is 306 g/mol. The fourth-order valence-corrected chi connectivity index (χ4v) is 2.59. The van der Waals surface area contributed by atoms with Gasteiger partial charge < -0.3 is 5.32 Å². The lowest BCUT2D eigenvalue weighted by Gasteiger charge is -2.13. The van der Waals surface area contributed by atoms with Gasteiger partial charge in [-0.1, -0.05) is 0 Å². The van der Waals surface area contributed by atoms with Crippen LogP contribution in [-0.2, 0) is 16.6 Å². The zero-order valence-corrected chi connectivity index (χ0v) is 13.0. The van der Waals surface area contributed by atoms with Crippen molar-refractivity contribution in [3.63, 3.8) is 0 Å². The highest BCUT2D eigenvalue weighted by Crippen LogP contribution is 2.23. The molecule has 3 N–H and O–H groups in total. The van der Waals surface area contributed by atoms with Gasteiger partial charge in [0.2, 0.25) is 10.0 Å². The molecule has 112 valence electrons. The molecule has 0 radical (unpaired) electrons. The zero-order chi connectivity index (χ0) is 15.6. The Morgan fingerprint density at radius 3 is 2.57 bits per heavy atom. The molecule has 1 aromatic heterocycles. The van der Waals surface area contributed by atoms with Crippen molar-refractivity contribution in [1.29, 1.82) is 0 Å². The zero-order valence-electron chi connectivity index (χ0n) is 12.2. The summed E-state index contributed by atoms with van der Waals surface area (Å²) in [6.45, 7) is 6.08. The van der Waals surface area contributed by atoms with Crippen LogP contribution in [-0.4, -0.2) is 18.4 Å². The second-order valence-electron chi connectivity index (χ2n) is 4.91. The van der Waals surface area contributed by atoms with Crippen molar-refractivity contribution in [3.05, 3.63) is 47.0 Å². The highest BCUT2D eigenvalue weighted by Gasteiger charge is 2.12. The third-order valence-electron chi connectivity index (χ3n) is 3.26. The minimum atomic E-state index is -3.72. The van der Waals surface area contributed by atoms with E-state index < -0.39 is 10.0 Å². The van der Waals surface area contributed by atoms with Crippen molar-refractivity contribution in [1.82, 2.24) is 9.97 Å². The predicted molar refractivity (Wildman–Crippen MR) is 81.4 cm³/mol. The lowest BCUT2D eigenvalue weighted by molar-refractivity contribution is 0.597. The molecule has 2 rings (SSSR count). The molecular weight excluding hydrogens is 288 g/mol. The van der Waals surface area contributed by atoms with Crippen LogP contribution in [0.2, 0.25) is 0 Å². The number of aryl methyl sites for hydroxylation is 2. The highest BCUT2D eigenvalue weighted by molar-refractivity contribution is 7.89. The van der Waals surface area contributed by atoms with Gasteiger partial charge >= 0.3 is 0 Å². The summed E-state index contributed by atoms with van der Waals surface area (Å²) in [7, 11) is -3.72. The molecule has 0 aliphatic carbocycles. The molecule has 21 heavy (non-hydrogen) atoms. The standard InChI is InChI=1S/C14H18N4O2S/c1-9-6-13(21(15,19)20)7-14(10(9)2)17-8-12-4-5-16-11(3)18-12/h4-7,17H,8H2,1-3H3,(H2,15,19,20). The van der Waals surface area contributed by atoms with Gasteiger partial charge in [0, 0.05) is 11.9 Å². The number of nitrogens with zero attached hydrogens (tertiary/aromatic N) is 2. The van der Waals surface area contributed by atoms with E-state index in [-0.39, 0.29) is 4.90 Å². The summed E-state index contributed by atoms with van der Waals surface area (Å²) in [4.78, 5) is 8.44. The molecule has 6 nitrogen and oxygen atoms in total. The summed E-state index contributed by atoms with van der Waals surface area (Å²) in [6, 6.07) is 4.93. The molecule has 0 bridgehead atoms. The first-order chi connectivity index (χ1) is 9.77. The van der Waals surface area contributed by atoms with E-state index in [9.17, 15) is 8.42 Å². The van der Waals surface area contributed by atoms with Crippen LogP contribution in [0.4, 0.5) is 5.69 Å². The monoisotopic (exact) mass is 306 g/mol. The molecule has 0 spiro atoms. The number of hydrogen-bond donors (Lipinski definition) is 2. The Labute approximate surface area is 124 Å². The fraction of sp³-hybridized carbons (Fsp3) is 0.286. The van der Waals surface area contributed by atoms with Crippen LogP contribution in [0.5, 0.6) is 0 Å². The Hall–Kier alpha value is -1.99. The van der Waals surface area contributed by atoms with Crippen molar-refractivity contribution in [2.75, 3.05) is 5.32 Å². The lowest BCUT2D eigenvalue weighted by Crippen LogP contribution is -2.14. The Morgan fingerprint density at radius 2 is 1.95 bits per heavy atom. The smallest absolute Gasteiger partial charge is 0.238 e. The molecule has 0 saturated carbocycles. The number of hydrogen-bond acceptors (Lipinski definition) is 5. The van der Waals surface area contributed by atoms with Crippen LogP contribution in [0.15, 0.2) is 29.3 Å². The van der Waals surface area contributed by atoms with Crippen LogP contribution < -0.4 is 10.5 Å². The minimum Gasteiger partial charge on any atom is -0.379 e. The van der Waals surface area contributed by atoms with E-state index in [1.165, 1.54) is 0 Å².